The summed E-state index contributed by atoms with van der Waals surface area (Å²) in [6.45, 7) is 1.08. The Bertz CT molecular complexity index is 223. The second-order valence-electron chi connectivity index (χ2n) is 4.45. The number of rotatable bonds is 1. The van der Waals surface area contributed by atoms with Crippen LogP contribution in [0.2, 0.25) is 0 Å². The van der Waals surface area contributed by atoms with Gasteiger partial charge in [0, 0.05) is 18.5 Å². The van der Waals surface area contributed by atoms with Crippen molar-refractivity contribution < 1.29 is 4.79 Å². The van der Waals surface area contributed by atoms with Gasteiger partial charge in [0.05, 0.1) is 0 Å². The van der Waals surface area contributed by atoms with Crippen LogP contribution in [0.3, 0.4) is 0 Å². The van der Waals surface area contributed by atoms with E-state index < -0.39 is 0 Å². The van der Waals surface area contributed by atoms with Gasteiger partial charge in [0.1, 0.15) is 0 Å². The Morgan fingerprint density at radius 1 is 1.54 bits per heavy atom. The third-order valence-electron chi connectivity index (χ3n) is 3.69. The van der Waals surface area contributed by atoms with Gasteiger partial charge in [0.2, 0.25) is 5.91 Å². The zero-order chi connectivity index (χ0) is 9.47. The van der Waals surface area contributed by atoms with Crippen LogP contribution < -0.4 is 5.32 Å². The number of hydrogen-bond donors (Lipinski definition) is 1. The fourth-order valence-electron chi connectivity index (χ4n) is 2.46. The largest absolute Gasteiger partial charge is 0.359 e. The quantitative estimate of drug-likeness (QED) is 0.644. The Labute approximate surface area is 79.5 Å². The lowest BCUT2D eigenvalue weighted by atomic mass is 9.89. The standard InChI is InChI=1S/C10H18N2O/c1-11-9(13)8-3-6-12(2)10(7-8)4-5-10/h8H,3-7H2,1-2H3,(H,11,13)/t8-/m1/s1. The predicted molar refractivity (Wildman–Crippen MR) is 51.4 cm³/mol. The average Bonchev–Trinajstić information content (AvgIpc) is 2.90. The normalized spacial score (nSPS) is 31.7. The summed E-state index contributed by atoms with van der Waals surface area (Å²) in [5.41, 5.74) is 0.412. The fraction of sp³-hybridized carbons (Fsp3) is 0.900. The lowest BCUT2D eigenvalue weighted by Gasteiger charge is -2.36. The first-order chi connectivity index (χ1) is 6.18. The van der Waals surface area contributed by atoms with Gasteiger partial charge >= 0.3 is 0 Å². The molecule has 0 bridgehead atoms. The number of carbonyl (C=O) groups is 1. The lowest BCUT2D eigenvalue weighted by Crippen LogP contribution is -2.45. The molecule has 1 saturated carbocycles. The first-order valence-corrected chi connectivity index (χ1v) is 5.11. The fourth-order valence-corrected chi connectivity index (χ4v) is 2.46. The molecule has 1 spiro atoms. The maximum absolute atomic E-state index is 11.5. The van der Waals surface area contributed by atoms with Crippen LogP contribution in [0.4, 0.5) is 0 Å². The summed E-state index contributed by atoms with van der Waals surface area (Å²) < 4.78 is 0. The Balaban J connectivity index is 1.99. The number of likely N-dealkylation sites (tertiary alicyclic amines) is 1. The molecular formula is C10H18N2O. The van der Waals surface area contributed by atoms with Gasteiger partial charge in [-0.25, -0.2) is 0 Å². The van der Waals surface area contributed by atoms with E-state index in [-0.39, 0.29) is 11.8 Å². The number of piperidine rings is 1. The number of hydrogen-bond acceptors (Lipinski definition) is 2. The van der Waals surface area contributed by atoms with Crippen LogP contribution in [-0.4, -0.2) is 37.0 Å². The minimum Gasteiger partial charge on any atom is -0.359 e. The summed E-state index contributed by atoms with van der Waals surface area (Å²) in [6.07, 6.45) is 4.68. The van der Waals surface area contributed by atoms with Crippen LogP contribution in [0.15, 0.2) is 0 Å². The van der Waals surface area contributed by atoms with Crippen molar-refractivity contribution in [2.45, 2.75) is 31.2 Å². The van der Waals surface area contributed by atoms with Crippen LogP contribution in [0.5, 0.6) is 0 Å². The van der Waals surface area contributed by atoms with E-state index in [1.165, 1.54) is 12.8 Å². The van der Waals surface area contributed by atoms with E-state index in [4.69, 9.17) is 0 Å². The number of amides is 1. The highest BCUT2D eigenvalue weighted by Gasteiger charge is 2.50. The molecule has 0 aromatic heterocycles. The third-order valence-corrected chi connectivity index (χ3v) is 3.69. The van der Waals surface area contributed by atoms with Crippen LogP contribution in [-0.2, 0) is 4.79 Å². The lowest BCUT2D eigenvalue weighted by molar-refractivity contribution is -0.126. The summed E-state index contributed by atoms with van der Waals surface area (Å²) in [4.78, 5) is 13.9. The van der Waals surface area contributed by atoms with Crippen molar-refractivity contribution in [2.24, 2.45) is 5.92 Å². The van der Waals surface area contributed by atoms with E-state index in [1.807, 2.05) is 0 Å². The molecule has 3 heteroatoms. The number of nitrogens with one attached hydrogen (secondary N) is 1. The van der Waals surface area contributed by atoms with Crippen LogP contribution in [0.1, 0.15) is 25.7 Å². The SMILES string of the molecule is CNC(=O)[C@@H]1CCN(C)C2(CC2)C1. The Hall–Kier alpha value is -0.570. The molecule has 13 heavy (non-hydrogen) atoms. The zero-order valence-electron chi connectivity index (χ0n) is 8.47. The Morgan fingerprint density at radius 2 is 2.23 bits per heavy atom. The number of nitrogens with zero attached hydrogens (tertiary/aromatic N) is 1. The first kappa shape index (κ1) is 9.00. The van der Waals surface area contributed by atoms with Gasteiger partial charge in [-0.3, -0.25) is 4.79 Å². The Morgan fingerprint density at radius 3 is 2.77 bits per heavy atom. The molecule has 74 valence electrons. The van der Waals surface area contributed by atoms with E-state index >= 15 is 0 Å². The smallest absolute Gasteiger partial charge is 0.222 e. The minimum atomic E-state index is 0.236. The molecule has 0 radical (unpaired) electrons. The first-order valence-electron chi connectivity index (χ1n) is 5.11. The molecule has 2 aliphatic rings. The molecule has 1 aliphatic heterocycles. The molecule has 1 heterocycles. The molecule has 0 unspecified atom stereocenters. The molecule has 1 amide bonds. The van der Waals surface area contributed by atoms with Crippen molar-refractivity contribution >= 4 is 5.91 Å². The van der Waals surface area contributed by atoms with Gasteiger partial charge in [-0.15, -0.1) is 0 Å². The molecule has 1 N–H and O–H groups in total. The van der Waals surface area contributed by atoms with Gasteiger partial charge in [0.25, 0.3) is 0 Å². The molecule has 2 fully saturated rings. The van der Waals surface area contributed by atoms with Gasteiger partial charge in [0.15, 0.2) is 0 Å². The van der Waals surface area contributed by atoms with Crippen molar-refractivity contribution in [3.8, 4) is 0 Å². The Kier molecular flexibility index (Phi) is 2.06. The molecule has 3 nitrogen and oxygen atoms in total. The number of carbonyl (C=O) groups excluding carboxylic acids is 1. The van der Waals surface area contributed by atoms with Crippen LogP contribution >= 0.6 is 0 Å². The van der Waals surface area contributed by atoms with E-state index in [2.05, 4.69) is 17.3 Å². The summed E-state index contributed by atoms with van der Waals surface area (Å²) in [6, 6.07) is 0. The monoisotopic (exact) mass is 182 g/mol. The summed E-state index contributed by atoms with van der Waals surface area (Å²) >= 11 is 0. The van der Waals surface area contributed by atoms with Crippen molar-refractivity contribution in [2.75, 3.05) is 20.6 Å². The second kappa shape index (κ2) is 2.98. The van der Waals surface area contributed by atoms with Gasteiger partial charge in [-0.05, 0) is 39.3 Å². The molecule has 1 aliphatic carbocycles. The minimum absolute atomic E-state index is 0.236. The topological polar surface area (TPSA) is 32.3 Å². The second-order valence-corrected chi connectivity index (χ2v) is 4.45. The van der Waals surface area contributed by atoms with Crippen molar-refractivity contribution in [1.29, 1.82) is 0 Å². The van der Waals surface area contributed by atoms with Gasteiger partial charge in [-0.1, -0.05) is 0 Å². The van der Waals surface area contributed by atoms with Crippen molar-refractivity contribution in [1.82, 2.24) is 10.2 Å². The molecule has 2 rings (SSSR count). The molecule has 1 saturated heterocycles. The van der Waals surface area contributed by atoms with E-state index in [1.54, 1.807) is 7.05 Å². The zero-order valence-corrected chi connectivity index (χ0v) is 8.47. The highest BCUT2D eigenvalue weighted by molar-refractivity contribution is 5.78. The van der Waals surface area contributed by atoms with E-state index in [0.717, 1.165) is 19.4 Å². The molecule has 1 atom stereocenters. The van der Waals surface area contributed by atoms with Gasteiger partial charge in [-0.2, -0.15) is 0 Å². The molecule has 0 aromatic rings. The van der Waals surface area contributed by atoms with Crippen LogP contribution in [0, 0.1) is 5.92 Å². The average molecular weight is 182 g/mol. The highest BCUT2D eigenvalue weighted by Crippen LogP contribution is 2.49. The van der Waals surface area contributed by atoms with Crippen LogP contribution in [0.25, 0.3) is 0 Å². The highest BCUT2D eigenvalue weighted by atomic mass is 16.1. The predicted octanol–water partition coefficient (Wildman–Crippen LogP) is 0.607. The van der Waals surface area contributed by atoms with E-state index in [0.29, 0.717) is 5.54 Å². The summed E-state index contributed by atoms with van der Waals surface area (Å²) in [7, 11) is 3.92. The molecular weight excluding hydrogens is 164 g/mol. The van der Waals surface area contributed by atoms with Crippen molar-refractivity contribution in [3.05, 3.63) is 0 Å². The maximum Gasteiger partial charge on any atom is 0.222 e. The molecule has 0 aromatic carbocycles. The third kappa shape index (κ3) is 1.46. The summed E-state index contributed by atoms with van der Waals surface area (Å²) in [5.74, 6) is 0.503. The summed E-state index contributed by atoms with van der Waals surface area (Å²) in [5, 5.41) is 2.76. The maximum atomic E-state index is 11.5. The van der Waals surface area contributed by atoms with Gasteiger partial charge < -0.3 is 10.2 Å². The van der Waals surface area contributed by atoms with E-state index in [9.17, 15) is 4.79 Å². The van der Waals surface area contributed by atoms with Crippen molar-refractivity contribution in [3.63, 3.8) is 0 Å².